The number of nitrogens with zero attached hydrogens (tertiary/aromatic N) is 2. The van der Waals surface area contributed by atoms with E-state index in [4.69, 9.17) is 0 Å². The van der Waals surface area contributed by atoms with E-state index < -0.39 is 5.91 Å². The summed E-state index contributed by atoms with van der Waals surface area (Å²) < 4.78 is 0. The number of aryl methyl sites for hydroxylation is 2. The summed E-state index contributed by atoms with van der Waals surface area (Å²) in [6.07, 6.45) is 5.98. The molecule has 0 unspecified atom stereocenters. The molecule has 6 nitrogen and oxygen atoms in total. The number of nitriles is 1. The van der Waals surface area contributed by atoms with Crippen LogP contribution < -0.4 is 5.32 Å². The van der Waals surface area contributed by atoms with E-state index in [2.05, 4.69) is 28.5 Å². The van der Waals surface area contributed by atoms with Crippen molar-refractivity contribution < 1.29 is 15.0 Å². The third-order valence-electron chi connectivity index (χ3n) is 5.04. The maximum Gasteiger partial charge on any atom is 0.268 e. The first-order valence-electron chi connectivity index (χ1n) is 9.56. The molecular weight excluding hydrogens is 398 g/mol. The van der Waals surface area contributed by atoms with Gasteiger partial charge in [0.15, 0.2) is 16.6 Å². The number of rotatable bonds is 4. The number of nitrogens with one attached hydrogen (secondary N) is 1. The Bertz CT molecular complexity index is 1190. The summed E-state index contributed by atoms with van der Waals surface area (Å²) in [6, 6.07) is 12.3. The Kier molecular flexibility index (Phi) is 5.50. The zero-order chi connectivity index (χ0) is 21.1. The van der Waals surface area contributed by atoms with E-state index in [0.717, 1.165) is 24.1 Å². The zero-order valence-corrected chi connectivity index (χ0v) is 16.9. The Morgan fingerprint density at radius 2 is 1.90 bits per heavy atom. The van der Waals surface area contributed by atoms with Gasteiger partial charge < -0.3 is 10.2 Å². The van der Waals surface area contributed by atoms with Crippen LogP contribution in [0, 0.1) is 11.3 Å². The molecule has 1 heterocycles. The average molecular weight is 417 g/mol. The van der Waals surface area contributed by atoms with Crippen LogP contribution >= 0.6 is 11.3 Å². The maximum atomic E-state index is 12.5. The largest absolute Gasteiger partial charge is 0.504 e. The second kappa shape index (κ2) is 8.39. The minimum absolute atomic E-state index is 0.134. The molecule has 7 heteroatoms. The molecule has 0 saturated carbocycles. The Morgan fingerprint density at radius 1 is 1.10 bits per heavy atom. The van der Waals surface area contributed by atoms with Gasteiger partial charge in [0.2, 0.25) is 0 Å². The molecule has 1 aliphatic carbocycles. The fraction of sp³-hybridized carbons (Fsp3) is 0.174. The van der Waals surface area contributed by atoms with Crippen molar-refractivity contribution in [1.82, 2.24) is 4.98 Å². The molecule has 0 radical (unpaired) electrons. The fourth-order valence-corrected chi connectivity index (χ4v) is 4.18. The van der Waals surface area contributed by atoms with Crippen LogP contribution in [0.1, 0.15) is 29.5 Å². The van der Waals surface area contributed by atoms with Gasteiger partial charge in [-0.25, -0.2) is 4.98 Å². The number of thiazole rings is 1. The molecule has 1 aromatic heterocycles. The van der Waals surface area contributed by atoms with Crippen LogP contribution in [0.3, 0.4) is 0 Å². The number of benzene rings is 2. The second-order valence-electron chi connectivity index (χ2n) is 7.10. The van der Waals surface area contributed by atoms with Gasteiger partial charge in [-0.05, 0) is 66.6 Å². The van der Waals surface area contributed by atoms with E-state index in [-0.39, 0.29) is 17.1 Å². The standard InChI is InChI=1S/C23H19N3O3S/c24-12-18(9-14-5-8-20(27)21(28)10-14)22(29)26-23-25-19(13-30-23)17-7-6-15-3-1-2-4-16(15)11-17/h5-11,13,27-28H,1-4H2,(H,25,26,29)/b18-9+. The third-order valence-corrected chi connectivity index (χ3v) is 5.80. The van der Waals surface area contributed by atoms with E-state index in [1.54, 1.807) is 0 Å². The number of aromatic hydroxyl groups is 2. The molecule has 4 rings (SSSR count). The summed E-state index contributed by atoms with van der Waals surface area (Å²) in [4.78, 5) is 17.0. The number of phenolic OH excluding ortho intramolecular Hbond substituents is 2. The quantitative estimate of drug-likeness (QED) is 0.326. The van der Waals surface area contributed by atoms with Crippen molar-refractivity contribution in [3.8, 4) is 28.8 Å². The van der Waals surface area contributed by atoms with Gasteiger partial charge in [0.1, 0.15) is 11.6 Å². The molecule has 3 aromatic rings. The minimum atomic E-state index is -0.587. The van der Waals surface area contributed by atoms with Gasteiger partial charge >= 0.3 is 0 Å². The highest BCUT2D eigenvalue weighted by molar-refractivity contribution is 7.14. The monoisotopic (exact) mass is 417 g/mol. The number of amides is 1. The molecule has 1 aliphatic rings. The van der Waals surface area contributed by atoms with Gasteiger partial charge in [-0.1, -0.05) is 18.2 Å². The van der Waals surface area contributed by atoms with Crippen molar-refractivity contribution in [1.29, 1.82) is 5.26 Å². The van der Waals surface area contributed by atoms with Crippen LogP contribution in [0.5, 0.6) is 11.5 Å². The molecule has 150 valence electrons. The van der Waals surface area contributed by atoms with Crippen molar-refractivity contribution in [2.24, 2.45) is 0 Å². The number of anilines is 1. The highest BCUT2D eigenvalue weighted by Gasteiger charge is 2.15. The molecular formula is C23H19N3O3S. The Hall–Kier alpha value is -3.63. The molecule has 2 aromatic carbocycles. The molecule has 3 N–H and O–H groups in total. The molecule has 0 spiro atoms. The molecule has 0 bridgehead atoms. The fourth-order valence-electron chi connectivity index (χ4n) is 3.47. The lowest BCUT2D eigenvalue weighted by Gasteiger charge is -2.16. The van der Waals surface area contributed by atoms with Crippen molar-refractivity contribution in [3.05, 3.63) is 64.0 Å². The highest BCUT2D eigenvalue weighted by atomic mass is 32.1. The number of phenols is 2. The predicted molar refractivity (Wildman–Crippen MR) is 116 cm³/mol. The Morgan fingerprint density at radius 3 is 2.67 bits per heavy atom. The highest BCUT2D eigenvalue weighted by Crippen LogP contribution is 2.30. The van der Waals surface area contributed by atoms with E-state index >= 15 is 0 Å². The molecule has 30 heavy (non-hydrogen) atoms. The summed E-state index contributed by atoms with van der Waals surface area (Å²) in [5.41, 5.74) is 4.86. The van der Waals surface area contributed by atoms with Crippen molar-refractivity contribution >= 4 is 28.5 Å². The minimum Gasteiger partial charge on any atom is -0.504 e. The maximum absolute atomic E-state index is 12.5. The normalized spacial score (nSPS) is 13.4. The second-order valence-corrected chi connectivity index (χ2v) is 7.96. The number of hydrogen-bond donors (Lipinski definition) is 3. The van der Waals surface area contributed by atoms with E-state index in [1.807, 2.05) is 11.4 Å². The number of hydrogen-bond acceptors (Lipinski definition) is 6. The zero-order valence-electron chi connectivity index (χ0n) is 16.1. The smallest absolute Gasteiger partial charge is 0.268 e. The Labute approximate surface area is 177 Å². The summed E-state index contributed by atoms with van der Waals surface area (Å²) in [7, 11) is 0. The van der Waals surface area contributed by atoms with Crippen molar-refractivity contribution in [2.45, 2.75) is 25.7 Å². The van der Waals surface area contributed by atoms with Gasteiger partial charge in [-0.2, -0.15) is 5.26 Å². The van der Waals surface area contributed by atoms with Gasteiger partial charge in [0.25, 0.3) is 5.91 Å². The Balaban J connectivity index is 1.51. The summed E-state index contributed by atoms with van der Waals surface area (Å²) in [5.74, 6) is -1.18. The molecule has 0 aliphatic heterocycles. The lowest BCUT2D eigenvalue weighted by atomic mass is 9.90. The summed E-state index contributed by atoms with van der Waals surface area (Å²) in [6.45, 7) is 0. The molecule has 1 amide bonds. The van der Waals surface area contributed by atoms with Crippen LogP contribution in [0.2, 0.25) is 0 Å². The first-order valence-corrected chi connectivity index (χ1v) is 10.4. The van der Waals surface area contributed by atoms with Gasteiger partial charge in [0.05, 0.1) is 5.69 Å². The SMILES string of the molecule is N#C/C(=C\c1ccc(O)c(O)c1)C(=O)Nc1nc(-c2ccc3c(c2)CCCC3)cs1. The first kappa shape index (κ1) is 19.7. The average Bonchev–Trinajstić information content (AvgIpc) is 3.22. The van der Waals surface area contributed by atoms with Gasteiger partial charge in [-0.15, -0.1) is 11.3 Å². The van der Waals surface area contributed by atoms with Crippen molar-refractivity contribution in [2.75, 3.05) is 5.32 Å². The molecule has 0 fully saturated rings. The van der Waals surface area contributed by atoms with Gasteiger partial charge in [0, 0.05) is 10.9 Å². The van der Waals surface area contributed by atoms with Crippen LogP contribution in [-0.4, -0.2) is 21.1 Å². The third kappa shape index (κ3) is 4.19. The molecule has 0 saturated heterocycles. The molecule has 0 atom stereocenters. The number of aromatic nitrogens is 1. The van der Waals surface area contributed by atoms with E-state index in [1.165, 1.54) is 59.6 Å². The summed E-state index contributed by atoms with van der Waals surface area (Å²) in [5, 5.41) is 33.2. The van der Waals surface area contributed by atoms with Crippen LogP contribution in [0.4, 0.5) is 5.13 Å². The number of carbonyl (C=O) groups excluding carboxylic acids is 1. The van der Waals surface area contributed by atoms with Crippen LogP contribution in [0.15, 0.2) is 47.4 Å². The van der Waals surface area contributed by atoms with Gasteiger partial charge in [-0.3, -0.25) is 10.1 Å². The topological polar surface area (TPSA) is 106 Å². The van der Waals surface area contributed by atoms with Crippen LogP contribution in [0.25, 0.3) is 17.3 Å². The lowest BCUT2D eigenvalue weighted by Crippen LogP contribution is -2.13. The first-order chi connectivity index (χ1) is 14.5. The van der Waals surface area contributed by atoms with Crippen LogP contribution in [-0.2, 0) is 17.6 Å². The van der Waals surface area contributed by atoms with Crippen molar-refractivity contribution in [3.63, 3.8) is 0 Å². The van der Waals surface area contributed by atoms with E-state index in [0.29, 0.717) is 10.7 Å². The van der Waals surface area contributed by atoms with E-state index in [9.17, 15) is 20.3 Å². The predicted octanol–water partition coefficient (Wildman–Crippen LogP) is 4.65. The number of carbonyl (C=O) groups is 1. The lowest BCUT2D eigenvalue weighted by molar-refractivity contribution is -0.112. The summed E-state index contributed by atoms with van der Waals surface area (Å²) >= 11 is 1.30. The number of fused-ring (bicyclic) bond motifs is 1.